The Morgan fingerprint density at radius 3 is 1.86 bits per heavy atom. The van der Waals surface area contributed by atoms with Gasteiger partial charge in [-0.25, -0.2) is 4.79 Å². The highest BCUT2D eigenvalue weighted by atomic mass is 16.6. The average molecular weight is 312 g/mol. The molecule has 0 atom stereocenters. The fourth-order valence-corrected chi connectivity index (χ4v) is 2.99. The number of ether oxygens (including phenoxy) is 2. The largest absolute Gasteiger partial charge is 0.459 e. The summed E-state index contributed by atoms with van der Waals surface area (Å²) in [5.41, 5.74) is -0.745. The number of likely N-dealkylation sites (tertiary alicyclic amines) is 2. The molecule has 6 heteroatoms. The highest BCUT2D eigenvalue weighted by molar-refractivity contribution is 5.72. The summed E-state index contributed by atoms with van der Waals surface area (Å²) in [5.74, 6) is -0.189. The third-order valence-electron chi connectivity index (χ3n) is 3.59. The highest BCUT2D eigenvalue weighted by Crippen LogP contribution is 2.40. The third-order valence-corrected chi connectivity index (χ3v) is 3.59. The zero-order valence-electron chi connectivity index (χ0n) is 14.6. The summed E-state index contributed by atoms with van der Waals surface area (Å²) in [5, 5.41) is 0. The summed E-state index contributed by atoms with van der Waals surface area (Å²) in [7, 11) is 0. The van der Waals surface area contributed by atoms with Gasteiger partial charge in [-0.05, 0) is 41.5 Å². The number of carbonyl (C=O) groups excluding carboxylic acids is 2. The topological polar surface area (TPSA) is 59.1 Å². The predicted molar refractivity (Wildman–Crippen MR) is 82.5 cm³/mol. The van der Waals surface area contributed by atoms with Gasteiger partial charge in [-0.15, -0.1) is 0 Å². The van der Waals surface area contributed by atoms with Crippen LogP contribution in [0.5, 0.6) is 0 Å². The van der Waals surface area contributed by atoms with Gasteiger partial charge in [0.25, 0.3) is 0 Å². The number of esters is 1. The lowest BCUT2D eigenvalue weighted by Crippen LogP contribution is -2.73. The molecule has 0 aromatic carbocycles. The molecular weight excluding hydrogens is 284 g/mol. The van der Waals surface area contributed by atoms with Crippen molar-refractivity contribution < 1.29 is 19.1 Å². The molecule has 2 fully saturated rings. The lowest BCUT2D eigenvalue weighted by molar-refractivity contribution is -0.164. The molecule has 2 heterocycles. The molecule has 2 rings (SSSR count). The minimum absolute atomic E-state index is 0.152. The number of nitrogens with zero attached hydrogens (tertiary/aromatic N) is 2. The van der Waals surface area contributed by atoms with Gasteiger partial charge in [0.05, 0.1) is 6.54 Å². The highest BCUT2D eigenvalue weighted by Gasteiger charge is 2.54. The maximum atomic E-state index is 11.9. The normalized spacial score (nSPS) is 21.1. The van der Waals surface area contributed by atoms with Crippen molar-refractivity contribution in [1.82, 2.24) is 9.80 Å². The summed E-state index contributed by atoms with van der Waals surface area (Å²) in [6.45, 7) is 14.6. The van der Waals surface area contributed by atoms with Crippen LogP contribution in [0.2, 0.25) is 0 Å². The fourth-order valence-electron chi connectivity index (χ4n) is 2.99. The summed E-state index contributed by atoms with van der Waals surface area (Å²) in [6.07, 6.45) is -0.247. The van der Waals surface area contributed by atoms with Gasteiger partial charge < -0.3 is 14.4 Å². The summed E-state index contributed by atoms with van der Waals surface area (Å²) < 4.78 is 10.7. The molecule has 6 nitrogen and oxygen atoms in total. The Kier molecular flexibility index (Phi) is 4.19. The molecule has 22 heavy (non-hydrogen) atoms. The Hall–Kier alpha value is -1.30. The van der Waals surface area contributed by atoms with Gasteiger partial charge in [0.1, 0.15) is 11.2 Å². The minimum atomic E-state index is -0.456. The van der Waals surface area contributed by atoms with Crippen molar-refractivity contribution in [2.75, 3.05) is 32.7 Å². The van der Waals surface area contributed by atoms with Crippen LogP contribution in [0.15, 0.2) is 0 Å². The Balaban J connectivity index is 1.68. The van der Waals surface area contributed by atoms with Crippen LogP contribution in [0, 0.1) is 5.41 Å². The number of rotatable bonds is 2. The van der Waals surface area contributed by atoms with E-state index in [-0.39, 0.29) is 17.5 Å². The van der Waals surface area contributed by atoms with Crippen molar-refractivity contribution in [3.63, 3.8) is 0 Å². The first-order valence-electron chi connectivity index (χ1n) is 7.80. The standard InChI is InChI=1S/C16H28N2O4/c1-14(2,3)21-12(19)7-17-8-16(9-17)10-18(11-16)13(20)22-15(4,5)6/h7-11H2,1-6H3. The first kappa shape index (κ1) is 17.1. The van der Waals surface area contributed by atoms with Crippen molar-refractivity contribution in [1.29, 1.82) is 0 Å². The molecule has 0 bridgehead atoms. The second kappa shape index (κ2) is 5.41. The maximum absolute atomic E-state index is 11.9. The molecule has 126 valence electrons. The number of carbonyl (C=O) groups is 2. The van der Waals surface area contributed by atoms with Crippen molar-refractivity contribution in [3.8, 4) is 0 Å². The molecule has 1 amide bonds. The van der Waals surface area contributed by atoms with Crippen LogP contribution in [0.3, 0.4) is 0 Å². The van der Waals surface area contributed by atoms with Gasteiger partial charge in [-0.3, -0.25) is 9.69 Å². The van der Waals surface area contributed by atoms with Gasteiger partial charge in [-0.2, -0.15) is 0 Å². The van der Waals surface area contributed by atoms with Crippen molar-refractivity contribution in [3.05, 3.63) is 0 Å². The second-order valence-corrected chi connectivity index (χ2v) is 8.57. The Labute approximate surface area is 132 Å². The molecule has 0 aromatic heterocycles. The molecule has 2 aliphatic heterocycles. The SMILES string of the molecule is CC(C)(C)OC(=O)CN1CC2(C1)CN(C(=O)OC(C)(C)C)C2. The van der Waals surface area contributed by atoms with Gasteiger partial charge in [0.15, 0.2) is 0 Å². The first-order valence-corrected chi connectivity index (χ1v) is 7.80. The number of amides is 1. The molecule has 0 unspecified atom stereocenters. The van der Waals surface area contributed by atoms with Crippen molar-refractivity contribution in [2.24, 2.45) is 5.41 Å². The van der Waals surface area contributed by atoms with E-state index < -0.39 is 11.2 Å². The van der Waals surface area contributed by atoms with Crippen LogP contribution in [0.1, 0.15) is 41.5 Å². The van der Waals surface area contributed by atoms with E-state index in [1.54, 1.807) is 4.90 Å². The second-order valence-electron chi connectivity index (χ2n) is 8.57. The van der Waals surface area contributed by atoms with E-state index in [1.807, 2.05) is 41.5 Å². The van der Waals surface area contributed by atoms with Crippen molar-refractivity contribution >= 4 is 12.1 Å². The molecule has 1 spiro atoms. The molecule has 0 aliphatic carbocycles. The first-order chi connectivity index (χ1) is 9.88. The zero-order valence-corrected chi connectivity index (χ0v) is 14.6. The molecule has 2 saturated heterocycles. The zero-order chi connectivity index (χ0) is 16.8. The number of hydrogen-bond donors (Lipinski definition) is 0. The summed E-state index contributed by atoms with van der Waals surface area (Å²) >= 11 is 0. The monoisotopic (exact) mass is 312 g/mol. The smallest absolute Gasteiger partial charge is 0.410 e. The van der Waals surface area contributed by atoms with Crippen LogP contribution in [0.4, 0.5) is 4.79 Å². The van der Waals surface area contributed by atoms with E-state index in [0.717, 1.165) is 13.1 Å². The molecule has 0 radical (unpaired) electrons. The predicted octanol–water partition coefficient (Wildman–Crippen LogP) is 1.88. The van der Waals surface area contributed by atoms with Crippen LogP contribution in [-0.4, -0.2) is 65.8 Å². The molecular formula is C16H28N2O4. The van der Waals surface area contributed by atoms with E-state index in [0.29, 0.717) is 19.6 Å². The van der Waals surface area contributed by atoms with E-state index in [1.165, 1.54) is 0 Å². The minimum Gasteiger partial charge on any atom is -0.459 e. The van der Waals surface area contributed by atoms with Crippen LogP contribution < -0.4 is 0 Å². The van der Waals surface area contributed by atoms with E-state index >= 15 is 0 Å². The van der Waals surface area contributed by atoms with E-state index in [2.05, 4.69) is 4.90 Å². The lowest BCUT2D eigenvalue weighted by Gasteiger charge is -2.59. The maximum Gasteiger partial charge on any atom is 0.410 e. The average Bonchev–Trinajstić information content (AvgIpc) is 2.13. The lowest BCUT2D eigenvalue weighted by atomic mass is 9.73. The Bertz CT molecular complexity index is 448. The third kappa shape index (κ3) is 4.35. The van der Waals surface area contributed by atoms with Gasteiger partial charge in [-0.1, -0.05) is 0 Å². The Morgan fingerprint density at radius 2 is 1.41 bits per heavy atom. The quantitative estimate of drug-likeness (QED) is 0.729. The van der Waals surface area contributed by atoms with Crippen molar-refractivity contribution in [2.45, 2.75) is 52.7 Å². The summed E-state index contributed by atoms with van der Waals surface area (Å²) in [4.78, 5) is 27.5. The van der Waals surface area contributed by atoms with Gasteiger partial charge in [0, 0.05) is 31.6 Å². The van der Waals surface area contributed by atoms with Crippen LogP contribution in [-0.2, 0) is 14.3 Å². The molecule has 0 N–H and O–H groups in total. The summed E-state index contributed by atoms with van der Waals surface area (Å²) in [6, 6.07) is 0. The fraction of sp³-hybridized carbons (Fsp3) is 0.875. The Morgan fingerprint density at radius 1 is 0.909 bits per heavy atom. The number of hydrogen-bond acceptors (Lipinski definition) is 5. The molecule has 0 saturated carbocycles. The molecule has 0 aromatic rings. The van der Waals surface area contributed by atoms with Crippen LogP contribution in [0.25, 0.3) is 0 Å². The van der Waals surface area contributed by atoms with E-state index in [9.17, 15) is 9.59 Å². The van der Waals surface area contributed by atoms with Gasteiger partial charge >= 0.3 is 12.1 Å². The van der Waals surface area contributed by atoms with E-state index in [4.69, 9.17) is 9.47 Å². The molecule has 2 aliphatic rings. The van der Waals surface area contributed by atoms with Gasteiger partial charge in [0.2, 0.25) is 0 Å². The van der Waals surface area contributed by atoms with Crippen LogP contribution >= 0.6 is 0 Å².